The van der Waals surface area contributed by atoms with Gasteiger partial charge in [-0.25, -0.2) is 0 Å². The molecule has 1 aromatic rings. The summed E-state index contributed by atoms with van der Waals surface area (Å²) in [5.74, 6) is 0.608. The smallest absolute Gasteiger partial charge is 0.160 e. The number of benzene rings is 1. The summed E-state index contributed by atoms with van der Waals surface area (Å²) in [6, 6.07) is 5.12. The summed E-state index contributed by atoms with van der Waals surface area (Å²) in [7, 11) is 1.51. The predicted octanol–water partition coefficient (Wildman–Crippen LogP) is 5.18. The van der Waals surface area contributed by atoms with Crippen molar-refractivity contribution in [2.45, 2.75) is 90.1 Å². The first kappa shape index (κ1) is 22.5. The zero-order valence-corrected chi connectivity index (χ0v) is 16.5. The number of aryl methyl sites for hydroxylation is 1. The number of hydrogen-bond acceptors (Lipinski definition) is 4. The first-order chi connectivity index (χ1) is 12.6. The maximum atomic E-state index is 12.0. The van der Waals surface area contributed by atoms with Crippen molar-refractivity contribution in [1.29, 1.82) is 0 Å². The van der Waals surface area contributed by atoms with Crippen LogP contribution in [0, 0.1) is 0 Å². The molecule has 0 bridgehead atoms. The minimum Gasteiger partial charge on any atom is -0.504 e. The van der Waals surface area contributed by atoms with Crippen molar-refractivity contribution < 1.29 is 19.7 Å². The quantitative estimate of drug-likeness (QED) is 0.421. The number of Topliss-reactive ketones (excluding diaryl/α,β-unsaturated/α-hetero) is 1. The Kier molecular flexibility index (Phi) is 11.8. The molecule has 0 heterocycles. The van der Waals surface area contributed by atoms with E-state index in [1.165, 1.54) is 45.6 Å². The average molecular weight is 365 g/mol. The molecule has 1 rings (SSSR count). The molecule has 0 aliphatic heterocycles. The Morgan fingerprint density at radius 3 is 2.38 bits per heavy atom. The molecule has 0 aliphatic carbocycles. The van der Waals surface area contributed by atoms with Crippen LogP contribution in [0.1, 0.15) is 83.1 Å². The molecule has 1 unspecified atom stereocenters. The molecule has 1 aromatic carbocycles. The molecule has 2 N–H and O–H groups in total. The molecule has 4 heteroatoms. The van der Waals surface area contributed by atoms with E-state index in [2.05, 4.69) is 6.92 Å². The van der Waals surface area contributed by atoms with Gasteiger partial charge in [-0.2, -0.15) is 0 Å². The van der Waals surface area contributed by atoms with E-state index in [1.54, 1.807) is 18.2 Å². The Hall–Kier alpha value is -1.55. The van der Waals surface area contributed by atoms with E-state index in [4.69, 9.17) is 4.74 Å². The van der Waals surface area contributed by atoms with E-state index in [9.17, 15) is 15.0 Å². The van der Waals surface area contributed by atoms with Crippen molar-refractivity contribution in [2.24, 2.45) is 0 Å². The number of ketones is 1. The summed E-state index contributed by atoms with van der Waals surface area (Å²) in [6.45, 7) is 2.23. The Morgan fingerprint density at radius 2 is 1.73 bits per heavy atom. The van der Waals surface area contributed by atoms with Crippen LogP contribution in [0.25, 0.3) is 0 Å². The van der Waals surface area contributed by atoms with Gasteiger partial charge in [-0.15, -0.1) is 0 Å². The Balaban J connectivity index is 2.12. The van der Waals surface area contributed by atoms with Crippen molar-refractivity contribution in [3.05, 3.63) is 23.8 Å². The number of phenolic OH excluding ortho intramolecular Hbond substituents is 1. The number of aromatic hydroxyl groups is 1. The lowest BCUT2D eigenvalue weighted by Gasteiger charge is -2.10. The van der Waals surface area contributed by atoms with E-state index in [1.807, 2.05) is 0 Å². The van der Waals surface area contributed by atoms with Crippen molar-refractivity contribution in [2.75, 3.05) is 7.11 Å². The van der Waals surface area contributed by atoms with E-state index < -0.39 is 6.10 Å². The third kappa shape index (κ3) is 9.81. The number of rotatable bonds is 15. The van der Waals surface area contributed by atoms with Gasteiger partial charge in [0.15, 0.2) is 11.5 Å². The minimum absolute atomic E-state index is 0.0871. The topological polar surface area (TPSA) is 66.8 Å². The number of ether oxygens (including phenoxy) is 1. The molecule has 1 atom stereocenters. The fraction of sp³-hybridized carbons (Fsp3) is 0.682. The maximum Gasteiger partial charge on any atom is 0.160 e. The number of phenols is 1. The van der Waals surface area contributed by atoms with E-state index in [-0.39, 0.29) is 18.0 Å². The molecule has 0 saturated carbocycles. The second kappa shape index (κ2) is 13.6. The molecule has 0 aliphatic rings. The second-order valence-electron chi connectivity index (χ2n) is 7.17. The third-order valence-electron chi connectivity index (χ3n) is 4.79. The van der Waals surface area contributed by atoms with Crippen LogP contribution in [0.5, 0.6) is 11.5 Å². The van der Waals surface area contributed by atoms with E-state index in [0.29, 0.717) is 25.0 Å². The van der Waals surface area contributed by atoms with Gasteiger partial charge in [0.05, 0.1) is 13.2 Å². The Bertz CT molecular complexity index is 513. The van der Waals surface area contributed by atoms with Gasteiger partial charge in [-0.3, -0.25) is 4.79 Å². The normalized spacial score (nSPS) is 12.1. The molecule has 0 spiro atoms. The zero-order valence-electron chi connectivity index (χ0n) is 16.5. The molecule has 0 fully saturated rings. The molecular formula is C22H36O4. The van der Waals surface area contributed by atoms with Gasteiger partial charge in [0, 0.05) is 12.8 Å². The predicted molar refractivity (Wildman–Crippen MR) is 106 cm³/mol. The standard InChI is InChI=1S/C22H36O4/c1-3-4-5-6-7-8-9-10-11-19(23)17-20(24)14-12-18-13-15-21(25)22(16-18)26-2/h13,15-16,19,23,25H,3-12,14,17H2,1-2H3. The first-order valence-corrected chi connectivity index (χ1v) is 10.1. The molecule has 4 nitrogen and oxygen atoms in total. The monoisotopic (exact) mass is 364 g/mol. The summed E-state index contributed by atoms with van der Waals surface area (Å²) in [5, 5.41) is 19.6. The summed E-state index contributed by atoms with van der Waals surface area (Å²) < 4.78 is 5.07. The summed E-state index contributed by atoms with van der Waals surface area (Å²) in [5.41, 5.74) is 0.950. The summed E-state index contributed by atoms with van der Waals surface area (Å²) in [4.78, 5) is 12.0. The zero-order chi connectivity index (χ0) is 19.2. The van der Waals surface area contributed by atoms with Gasteiger partial charge in [0.25, 0.3) is 0 Å². The van der Waals surface area contributed by atoms with Crippen LogP contribution >= 0.6 is 0 Å². The lowest BCUT2D eigenvalue weighted by molar-refractivity contribution is -0.121. The van der Waals surface area contributed by atoms with E-state index >= 15 is 0 Å². The number of hydrogen-bond donors (Lipinski definition) is 2. The Morgan fingerprint density at radius 1 is 1.08 bits per heavy atom. The number of aliphatic hydroxyl groups is 1. The number of unbranched alkanes of at least 4 members (excludes halogenated alkanes) is 7. The van der Waals surface area contributed by atoms with Crippen LogP contribution in [-0.4, -0.2) is 29.2 Å². The number of carbonyl (C=O) groups excluding carboxylic acids is 1. The highest BCUT2D eigenvalue weighted by molar-refractivity contribution is 5.79. The molecule has 0 saturated heterocycles. The Labute approximate surface area is 158 Å². The van der Waals surface area contributed by atoms with Gasteiger partial charge in [-0.1, -0.05) is 64.4 Å². The van der Waals surface area contributed by atoms with Gasteiger partial charge in [0.2, 0.25) is 0 Å². The van der Waals surface area contributed by atoms with Crippen LogP contribution in [0.4, 0.5) is 0 Å². The van der Waals surface area contributed by atoms with Crippen molar-refractivity contribution in [3.8, 4) is 11.5 Å². The van der Waals surface area contributed by atoms with Crippen molar-refractivity contribution in [1.82, 2.24) is 0 Å². The minimum atomic E-state index is -0.517. The van der Waals surface area contributed by atoms with Crippen LogP contribution < -0.4 is 4.74 Å². The fourth-order valence-corrected chi connectivity index (χ4v) is 3.14. The van der Waals surface area contributed by atoms with Crippen molar-refractivity contribution >= 4 is 5.78 Å². The third-order valence-corrected chi connectivity index (χ3v) is 4.79. The summed E-state index contributed by atoms with van der Waals surface area (Å²) in [6.07, 6.45) is 11.4. The van der Waals surface area contributed by atoms with Crippen LogP contribution in [0.15, 0.2) is 18.2 Å². The SMILES string of the molecule is CCCCCCCCCCC(O)CC(=O)CCc1ccc(O)c(OC)c1. The maximum absolute atomic E-state index is 12.0. The van der Waals surface area contributed by atoms with Gasteiger partial charge in [0.1, 0.15) is 5.78 Å². The second-order valence-corrected chi connectivity index (χ2v) is 7.17. The van der Waals surface area contributed by atoms with E-state index in [0.717, 1.165) is 18.4 Å². The molecule has 26 heavy (non-hydrogen) atoms. The highest BCUT2D eigenvalue weighted by Gasteiger charge is 2.11. The largest absolute Gasteiger partial charge is 0.504 e. The molecule has 0 amide bonds. The fourth-order valence-electron chi connectivity index (χ4n) is 3.14. The van der Waals surface area contributed by atoms with Crippen LogP contribution in [-0.2, 0) is 11.2 Å². The van der Waals surface area contributed by atoms with Crippen LogP contribution in [0.2, 0.25) is 0 Å². The van der Waals surface area contributed by atoms with Gasteiger partial charge < -0.3 is 14.9 Å². The van der Waals surface area contributed by atoms with Crippen molar-refractivity contribution in [3.63, 3.8) is 0 Å². The first-order valence-electron chi connectivity index (χ1n) is 10.1. The van der Waals surface area contributed by atoms with Gasteiger partial charge in [-0.05, 0) is 30.5 Å². The number of carbonyl (C=O) groups is 1. The highest BCUT2D eigenvalue weighted by Crippen LogP contribution is 2.26. The van der Waals surface area contributed by atoms with Crippen LogP contribution in [0.3, 0.4) is 0 Å². The summed E-state index contributed by atoms with van der Waals surface area (Å²) >= 11 is 0. The average Bonchev–Trinajstić information content (AvgIpc) is 2.63. The molecular weight excluding hydrogens is 328 g/mol. The lowest BCUT2D eigenvalue weighted by Crippen LogP contribution is -2.14. The molecule has 0 aromatic heterocycles. The number of aliphatic hydroxyl groups excluding tert-OH is 1. The molecule has 148 valence electrons. The van der Waals surface area contributed by atoms with Gasteiger partial charge >= 0.3 is 0 Å². The molecule has 0 radical (unpaired) electrons. The number of methoxy groups -OCH3 is 1. The highest BCUT2D eigenvalue weighted by atomic mass is 16.5. The lowest BCUT2D eigenvalue weighted by atomic mass is 10.0.